The molecule has 1 N–H and O–H groups in total. The molecular formula is C8H6BrNO. The van der Waals surface area contributed by atoms with E-state index in [0.29, 0.717) is 0 Å². The van der Waals surface area contributed by atoms with Gasteiger partial charge in [0.1, 0.15) is 0 Å². The highest BCUT2D eigenvalue weighted by molar-refractivity contribution is 9.10. The quantitative estimate of drug-likeness (QED) is 0.712. The summed E-state index contributed by atoms with van der Waals surface area (Å²) in [7, 11) is 0. The van der Waals surface area contributed by atoms with Crippen LogP contribution in [0.25, 0.3) is 6.08 Å². The first kappa shape index (κ1) is 6.73. The molecule has 0 saturated carbocycles. The van der Waals surface area contributed by atoms with Crippen molar-refractivity contribution >= 4 is 22.0 Å². The van der Waals surface area contributed by atoms with Crippen LogP contribution in [-0.2, 0) is 0 Å². The zero-order chi connectivity index (χ0) is 7.68. The summed E-state index contributed by atoms with van der Waals surface area (Å²) in [6.07, 6.45) is 3.72. The van der Waals surface area contributed by atoms with Crippen molar-refractivity contribution < 1.29 is 4.84 Å². The Labute approximate surface area is 73.0 Å². The molecule has 3 heteroatoms. The number of fused-ring (bicyclic) bond motifs is 1. The van der Waals surface area contributed by atoms with E-state index >= 15 is 0 Å². The molecule has 0 bridgehead atoms. The summed E-state index contributed by atoms with van der Waals surface area (Å²) in [5.41, 5.74) is 3.75. The van der Waals surface area contributed by atoms with Gasteiger partial charge in [-0.05, 0) is 24.3 Å². The summed E-state index contributed by atoms with van der Waals surface area (Å²) in [5.74, 6) is 0.857. The molecule has 11 heavy (non-hydrogen) atoms. The SMILES string of the molecule is Brc1ccc2c(c1)C=CNO2. The lowest BCUT2D eigenvalue weighted by Gasteiger charge is -2.11. The van der Waals surface area contributed by atoms with Crippen LogP contribution < -0.4 is 10.3 Å². The Morgan fingerprint density at radius 2 is 2.27 bits per heavy atom. The minimum atomic E-state index is 0.857. The van der Waals surface area contributed by atoms with Crippen LogP contribution in [0, 0.1) is 0 Å². The maximum Gasteiger partial charge on any atom is 0.162 e. The van der Waals surface area contributed by atoms with E-state index in [1.54, 1.807) is 6.20 Å². The Bertz CT molecular complexity index is 309. The van der Waals surface area contributed by atoms with Gasteiger partial charge in [0.05, 0.1) is 0 Å². The number of nitrogens with one attached hydrogen (secondary N) is 1. The standard InChI is InChI=1S/C8H6BrNO/c9-7-1-2-8-6(5-7)3-4-10-11-8/h1-5,10H. The lowest BCUT2D eigenvalue weighted by molar-refractivity contribution is 0.239. The van der Waals surface area contributed by atoms with Crippen LogP contribution in [-0.4, -0.2) is 0 Å². The van der Waals surface area contributed by atoms with Crippen LogP contribution in [0.5, 0.6) is 5.75 Å². The summed E-state index contributed by atoms with van der Waals surface area (Å²) in [4.78, 5) is 5.12. The zero-order valence-corrected chi connectivity index (χ0v) is 7.26. The fourth-order valence-electron chi connectivity index (χ4n) is 0.964. The first-order valence-corrected chi connectivity index (χ1v) is 4.04. The van der Waals surface area contributed by atoms with Gasteiger partial charge in [0.15, 0.2) is 5.75 Å². The van der Waals surface area contributed by atoms with Crippen molar-refractivity contribution in [1.29, 1.82) is 0 Å². The minimum absolute atomic E-state index is 0.857. The maximum absolute atomic E-state index is 5.12. The van der Waals surface area contributed by atoms with E-state index in [9.17, 15) is 0 Å². The van der Waals surface area contributed by atoms with Crippen LogP contribution in [0.2, 0.25) is 0 Å². The number of hydrogen-bond donors (Lipinski definition) is 1. The summed E-state index contributed by atoms with van der Waals surface area (Å²) in [5, 5.41) is 0. The van der Waals surface area contributed by atoms with Crippen molar-refractivity contribution in [2.75, 3.05) is 0 Å². The first-order chi connectivity index (χ1) is 5.36. The third-order valence-electron chi connectivity index (χ3n) is 1.47. The topological polar surface area (TPSA) is 21.3 Å². The Kier molecular flexibility index (Phi) is 1.58. The smallest absolute Gasteiger partial charge is 0.162 e. The summed E-state index contributed by atoms with van der Waals surface area (Å²) in [6.45, 7) is 0. The van der Waals surface area contributed by atoms with Crippen LogP contribution in [0.3, 0.4) is 0 Å². The third kappa shape index (κ3) is 1.24. The summed E-state index contributed by atoms with van der Waals surface area (Å²) >= 11 is 3.38. The molecule has 0 unspecified atom stereocenters. The Morgan fingerprint density at radius 1 is 1.36 bits per heavy atom. The van der Waals surface area contributed by atoms with Gasteiger partial charge in [0.2, 0.25) is 0 Å². The van der Waals surface area contributed by atoms with Crippen molar-refractivity contribution in [2.45, 2.75) is 0 Å². The monoisotopic (exact) mass is 211 g/mol. The van der Waals surface area contributed by atoms with Crippen molar-refractivity contribution in [1.82, 2.24) is 5.48 Å². The van der Waals surface area contributed by atoms with Crippen molar-refractivity contribution in [2.24, 2.45) is 0 Å². The first-order valence-electron chi connectivity index (χ1n) is 3.25. The van der Waals surface area contributed by atoms with E-state index in [1.807, 2.05) is 24.3 Å². The number of halogens is 1. The molecule has 56 valence electrons. The number of hydroxylamine groups is 1. The fraction of sp³-hybridized carbons (Fsp3) is 0. The molecule has 0 aromatic heterocycles. The van der Waals surface area contributed by atoms with E-state index in [-0.39, 0.29) is 0 Å². The molecule has 0 amide bonds. The van der Waals surface area contributed by atoms with Crippen LogP contribution in [0.1, 0.15) is 5.56 Å². The Balaban J connectivity index is 2.54. The van der Waals surface area contributed by atoms with Crippen molar-refractivity contribution in [3.63, 3.8) is 0 Å². The van der Waals surface area contributed by atoms with Crippen molar-refractivity contribution in [3.05, 3.63) is 34.4 Å². The van der Waals surface area contributed by atoms with Gasteiger partial charge in [-0.2, -0.15) is 0 Å². The van der Waals surface area contributed by atoms with Crippen LogP contribution in [0.4, 0.5) is 0 Å². The maximum atomic E-state index is 5.12. The van der Waals surface area contributed by atoms with Gasteiger partial charge >= 0.3 is 0 Å². The molecule has 0 fully saturated rings. The highest BCUT2D eigenvalue weighted by Gasteiger charge is 2.04. The number of rotatable bonds is 0. The normalized spacial score (nSPS) is 13.2. The second-order valence-electron chi connectivity index (χ2n) is 2.24. The molecular weight excluding hydrogens is 206 g/mol. The minimum Gasteiger partial charge on any atom is -0.382 e. The highest BCUT2D eigenvalue weighted by atomic mass is 79.9. The van der Waals surface area contributed by atoms with E-state index in [1.165, 1.54) is 0 Å². The fourth-order valence-corrected chi connectivity index (χ4v) is 1.34. The van der Waals surface area contributed by atoms with Gasteiger partial charge < -0.3 is 4.84 Å². The lowest BCUT2D eigenvalue weighted by atomic mass is 10.2. The van der Waals surface area contributed by atoms with E-state index in [2.05, 4.69) is 21.4 Å². The third-order valence-corrected chi connectivity index (χ3v) is 1.96. The highest BCUT2D eigenvalue weighted by Crippen LogP contribution is 2.25. The van der Waals surface area contributed by atoms with Gasteiger partial charge in [0.25, 0.3) is 0 Å². The average Bonchev–Trinajstić information content (AvgIpc) is 2.04. The summed E-state index contributed by atoms with van der Waals surface area (Å²) < 4.78 is 1.06. The van der Waals surface area contributed by atoms with Gasteiger partial charge in [-0.3, -0.25) is 0 Å². The molecule has 1 heterocycles. The molecule has 0 spiro atoms. The second kappa shape index (κ2) is 2.58. The molecule has 1 aliphatic rings. The van der Waals surface area contributed by atoms with E-state index in [4.69, 9.17) is 4.84 Å². The Morgan fingerprint density at radius 3 is 3.18 bits per heavy atom. The van der Waals surface area contributed by atoms with Crippen LogP contribution >= 0.6 is 15.9 Å². The second-order valence-corrected chi connectivity index (χ2v) is 3.15. The van der Waals surface area contributed by atoms with Gasteiger partial charge in [-0.25, -0.2) is 5.48 Å². The average molecular weight is 212 g/mol. The lowest BCUT2D eigenvalue weighted by Crippen LogP contribution is -2.13. The molecule has 0 atom stereocenters. The van der Waals surface area contributed by atoms with E-state index < -0.39 is 0 Å². The zero-order valence-electron chi connectivity index (χ0n) is 5.67. The molecule has 1 aromatic rings. The predicted octanol–water partition coefficient (Wildman–Crippen LogP) is 2.32. The number of hydrogen-bond acceptors (Lipinski definition) is 2. The van der Waals surface area contributed by atoms with Crippen LogP contribution in [0.15, 0.2) is 28.9 Å². The van der Waals surface area contributed by atoms with Gasteiger partial charge in [-0.15, -0.1) is 0 Å². The molecule has 1 aromatic carbocycles. The largest absolute Gasteiger partial charge is 0.382 e. The molecule has 0 aliphatic carbocycles. The van der Waals surface area contributed by atoms with Gasteiger partial charge in [-0.1, -0.05) is 15.9 Å². The Hall–Kier alpha value is -0.960. The van der Waals surface area contributed by atoms with E-state index in [0.717, 1.165) is 15.8 Å². The number of benzene rings is 1. The molecule has 0 saturated heterocycles. The van der Waals surface area contributed by atoms with Gasteiger partial charge in [0, 0.05) is 16.2 Å². The molecule has 1 aliphatic heterocycles. The van der Waals surface area contributed by atoms with Crippen molar-refractivity contribution in [3.8, 4) is 5.75 Å². The predicted molar refractivity (Wildman–Crippen MR) is 46.9 cm³/mol. The molecule has 2 nitrogen and oxygen atoms in total. The molecule has 2 rings (SSSR count). The summed E-state index contributed by atoms with van der Waals surface area (Å²) in [6, 6.07) is 5.86. The molecule has 0 radical (unpaired) electrons.